The maximum atomic E-state index is 11.8. The van der Waals surface area contributed by atoms with Gasteiger partial charge in [-0.15, -0.1) is 0 Å². The number of hydrogen-bond acceptors (Lipinski definition) is 4. The van der Waals surface area contributed by atoms with Crippen LogP contribution >= 0.6 is 0 Å². The zero-order valence-corrected chi connectivity index (χ0v) is 16.2. The maximum Gasteiger partial charge on any atom is 0.409 e. The van der Waals surface area contributed by atoms with Crippen molar-refractivity contribution in [2.24, 2.45) is 4.99 Å². The normalized spacial score (nSPS) is 16.3. The zero-order valence-electron chi connectivity index (χ0n) is 16.2. The third-order valence-corrected chi connectivity index (χ3v) is 4.30. The molecule has 7 nitrogen and oxygen atoms in total. The Labute approximate surface area is 147 Å². The molecule has 1 aliphatic rings. The molecule has 0 spiro atoms. The van der Waals surface area contributed by atoms with Gasteiger partial charge in [-0.2, -0.15) is 0 Å². The van der Waals surface area contributed by atoms with E-state index < -0.39 is 0 Å². The van der Waals surface area contributed by atoms with Gasteiger partial charge in [0.1, 0.15) is 0 Å². The second kappa shape index (κ2) is 10.4. The number of amides is 1. The van der Waals surface area contributed by atoms with E-state index >= 15 is 0 Å². The summed E-state index contributed by atoms with van der Waals surface area (Å²) >= 11 is 0. The highest BCUT2D eigenvalue weighted by Gasteiger charge is 2.23. The van der Waals surface area contributed by atoms with Gasteiger partial charge in [0, 0.05) is 58.4 Å². The highest BCUT2D eigenvalue weighted by Crippen LogP contribution is 2.05. The topological polar surface area (TPSA) is 60.4 Å². The second-order valence-corrected chi connectivity index (χ2v) is 6.57. The maximum absolute atomic E-state index is 11.8. The molecule has 0 atom stereocenters. The Balaban J connectivity index is 2.42. The Bertz CT molecular complexity index is 396. The largest absolute Gasteiger partial charge is 0.450 e. The lowest BCUT2D eigenvalue weighted by molar-refractivity contribution is 0.0914. The third kappa shape index (κ3) is 6.19. The number of ether oxygens (including phenoxy) is 1. The van der Waals surface area contributed by atoms with Crippen LogP contribution in [0.25, 0.3) is 0 Å². The van der Waals surface area contributed by atoms with E-state index in [1.54, 1.807) is 4.90 Å². The molecule has 24 heavy (non-hydrogen) atoms. The molecule has 140 valence electrons. The SMILES string of the molecule is CCOC(=O)N1CCN(C(=NC)NCCN(C(C)C)C(C)C)CC1. The number of carbonyl (C=O) groups is 1. The Morgan fingerprint density at radius 3 is 2.12 bits per heavy atom. The number of piperazine rings is 1. The highest BCUT2D eigenvalue weighted by atomic mass is 16.6. The summed E-state index contributed by atoms with van der Waals surface area (Å²) in [6, 6.07) is 1.06. The van der Waals surface area contributed by atoms with Crippen molar-refractivity contribution in [3.63, 3.8) is 0 Å². The van der Waals surface area contributed by atoms with Gasteiger partial charge in [0.25, 0.3) is 0 Å². The molecule has 1 amide bonds. The molecule has 0 aliphatic carbocycles. The lowest BCUT2D eigenvalue weighted by Gasteiger charge is -2.36. The van der Waals surface area contributed by atoms with Crippen LogP contribution in [-0.2, 0) is 4.74 Å². The van der Waals surface area contributed by atoms with E-state index in [4.69, 9.17) is 4.74 Å². The second-order valence-electron chi connectivity index (χ2n) is 6.57. The van der Waals surface area contributed by atoms with E-state index in [1.165, 1.54) is 0 Å². The smallest absolute Gasteiger partial charge is 0.409 e. The van der Waals surface area contributed by atoms with Crippen molar-refractivity contribution in [3.8, 4) is 0 Å². The lowest BCUT2D eigenvalue weighted by atomic mass is 10.2. The molecule has 0 radical (unpaired) electrons. The average Bonchev–Trinajstić information content (AvgIpc) is 2.54. The van der Waals surface area contributed by atoms with Crippen LogP contribution in [0.1, 0.15) is 34.6 Å². The van der Waals surface area contributed by atoms with Crippen molar-refractivity contribution in [1.82, 2.24) is 20.0 Å². The summed E-state index contributed by atoms with van der Waals surface area (Å²) in [7, 11) is 1.81. The molecular weight excluding hydrogens is 306 g/mol. The van der Waals surface area contributed by atoms with E-state index in [1.807, 2.05) is 14.0 Å². The van der Waals surface area contributed by atoms with Crippen LogP contribution in [0.2, 0.25) is 0 Å². The number of guanidine groups is 1. The van der Waals surface area contributed by atoms with E-state index in [2.05, 4.69) is 47.8 Å². The molecule has 0 aromatic rings. The van der Waals surface area contributed by atoms with Crippen molar-refractivity contribution >= 4 is 12.1 Å². The zero-order chi connectivity index (χ0) is 18.1. The molecule has 1 rings (SSSR count). The molecule has 1 N–H and O–H groups in total. The Morgan fingerprint density at radius 1 is 1.12 bits per heavy atom. The van der Waals surface area contributed by atoms with Crippen LogP contribution in [0, 0.1) is 0 Å². The van der Waals surface area contributed by atoms with E-state index in [0.717, 1.165) is 32.1 Å². The molecule has 0 unspecified atom stereocenters. The quantitative estimate of drug-likeness (QED) is 0.585. The predicted octanol–water partition coefficient (Wildman–Crippen LogP) is 1.45. The van der Waals surface area contributed by atoms with Crippen LogP contribution in [0.5, 0.6) is 0 Å². The number of rotatable bonds is 6. The number of carbonyl (C=O) groups excluding carboxylic acids is 1. The van der Waals surface area contributed by atoms with Gasteiger partial charge in [-0.05, 0) is 34.6 Å². The fourth-order valence-electron chi connectivity index (χ4n) is 3.06. The van der Waals surface area contributed by atoms with Crippen molar-refractivity contribution in [1.29, 1.82) is 0 Å². The summed E-state index contributed by atoms with van der Waals surface area (Å²) < 4.78 is 5.06. The summed E-state index contributed by atoms with van der Waals surface area (Å²) in [5.41, 5.74) is 0. The van der Waals surface area contributed by atoms with Gasteiger partial charge in [0.2, 0.25) is 0 Å². The van der Waals surface area contributed by atoms with Crippen LogP contribution < -0.4 is 5.32 Å². The number of hydrogen-bond donors (Lipinski definition) is 1. The molecule has 1 aliphatic heterocycles. The molecule has 0 aromatic heterocycles. The summed E-state index contributed by atoms with van der Waals surface area (Å²) in [5, 5.41) is 3.45. The van der Waals surface area contributed by atoms with E-state index in [0.29, 0.717) is 31.8 Å². The fraction of sp³-hybridized carbons (Fsp3) is 0.882. The van der Waals surface area contributed by atoms with E-state index in [-0.39, 0.29) is 6.09 Å². The first-order valence-corrected chi connectivity index (χ1v) is 9.03. The standard InChI is InChI=1S/C17H35N5O2/c1-7-24-17(23)21-12-10-20(11-13-21)16(18-6)19-8-9-22(14(2)3)15(4)5/h14-15H,7-13H2,1-6H3,(H,18,19). The molecule has 0 bridgehead atoms. The molecule has 1 fully saturated rings. The fourth-order valence-corrected chi connectivity index (χ4v) is 3.06. The molecule has 0 saturated carbocycles. The average molecular weight is 342 g/mol. The van der Waals surface area contributed by atoms with Gasteiger partial charge < -0.3 is 19.9 Å². The summed E-state index contributed by atoms with van der Waals surface area (Å²) in [6.45, 7) is 15.9. The van der Waals surface area contributed by atoms with Gasteiger partial charge in [0.15, 0.2) is 5.96 Å². The van der Waals surface area contributed by atoms with Crippen molar-refractivity contribution in [2.75, 3.05) is 52.9 Å². The minimum absolute atomic E-state index is 0.218. The molecule has 7 heteroatoms. The third-order valence-electron chi connectivity index (χ3n) is 4.30. The van der Waals surface area contributed by atoms with Crippen molar-refractivity contribution in [2.45, 2.75) is 46.7 Å². The first-order valence-electron chi connectivity index (χ1n) is 9.03. The monoisotopic (exact) mass is 341 g/mol. The predicted molar refractivity (Wildman–Crippen MR) is 98.5 cm³/mol. The minimum Gasteiger partial charge on any atom is -0.450 e. The Kier molecular flexibility index (Phi) is 8.89. The summed E-state index contributed by atoms with van der Waals surface area (Å²) in [4.78, 5) is 22.5. The molecule has 1 heterocycles. The molecule has 0 aromatic carbocycles. The summed E-state index contributed by atoms with van der Waals surface area (Å²) in [6.07, 6.45) is -0.218. The summed E-state index contributed by atoms with van der Waals surface area (Å²) in [5.74, 6) is 0.908. The molecular formula is C17H35N5O2. The lowest BCUT2D eigenvalue weighted by Crippen LogP contribution is -2.54. The van der Waals surface area contributed by atoms with Crippen LogP contribution in [0.15, 0.2) is 4.99 Å². The van der Waals surface area contributed by atoms with Gasteiger partial charge in [-0.3, -0.25) is 9.89 Å². The molecule has 1 saturated heterocycles. The Hall–Kier alpha value is -1.50. The van der Waals surface area contributed by atoms with Crippen LogP contribution in [-0.4, -0.2) is 91.8 Å². The van der Waals surface area contributed by atoms with E-state index in [9.17, 15) is 4.79 Å². The number of aliphatic imine (C=N–C) groups is 1. The van der Waals surface area contributed by atoms with Gasteiger partial charge >= 0.3 is 6.09 Å². The van der Waals surface area contributed by atoms with Gasteiger partial charge in [-0.25, -0.2) is 4.79 Å². The van der Waals surface area contributed by atoms with Gasteiger partial charge in [-0.1, -0.05) is 0 Å². The first kappa shape index (κ1) is 20.5. The van der Waals surface area contributed by atoms with Crippen molar-refractivity contribution in [3.05, 3.63) is 0 Å². The van der Waals surface area contributed by atoms with Crippen LogP contribution in [0.3, 0.4) is 0 Å². The number of nitrogens with one attached hydrogen (secondary N) is 1. The Morgan fingerprint density at radius 2 is 1.67 bits per heavy atom. The van der Waals surface area contributed by atoms with Crippen molar-refractivity contribution < 1.29 is 9.53 Å². The highest BCUT2D eigenvalue weighted by molar-refractivity contribution is 5.80. The number of nitrogens with zero attached hydrogens (tertiary/aromatic N) is 4. The minimum atomic E-state index is -0.218. The van der Waals surface area contributed by atoms with Crippen LogP contribution in [0.4, 0.5) is 4.79 Å². The first-order chi connectivity index (χ1) is 11.4. The van der Waals surface area contributed by atoms with Gasteiger partial charge in [0.05, 0.1) is 6.61 Å².